The molecule has 0 amide bonds. The molecule has 1 aromatic carbocycles. The fourth-order valence-electron chi connectivity index (χ4n) is 2.03. The summed E-state index contributed by atoms with van der Waals surface area (Å²) in [6.07, 6.45) is 0. The molecule has 4 nitrogen and oxygen atoms in total. The van der Waals surface area contributed by atoms with E-state index >= 15 is 0 Å². The first-order chi connectivity index (χ1) is 8.04. The van der Waals surface area contributed by atoms with Crippen molar-refractivity contribution in [2.45, 2.75) is 13.8 Å². The molecule has 0 spiro atoms. The van der Waals surface area contributed by atoms with Crippen LogP contribution < -0.4 is 9.92 Å². The highest BCUT2D eigenvalue weighted by molar-refractivity contribution is 6.76. The molecule has 0 heterocycles. The minimum absolute atomic E-state index is 0.771. The minimum Gasteiger partial charge on any atom is -0.496 e. The van der Waals surface area contributed by atoms with Crippen LogP contribution in [0.5, 0.6) is 5.75 Å². The summed E-state index contributed by atoms with van der Waals surface area (Å²) in [6, 6.07) is 4.05. The highest BCUT2D eigenvalue weighted by Crippen LogP contribution is 2.21. The predicted octanol–water partition coefficient (Wildman–Crippen LogP) is 1.40. The van der Waals surface area contributed by atoms with Gasteiger partial charge in [-0.25, -0.2) is 0 Å². The number of aryl methyl sites for hydroxylation is 2. The average molecular weight is 256 g/mol. The van der Waals surface area contributed by atoms with Crippen molar-refractivity contribution in [1.29, 1.82) is 0 Å². The monoisotopic (exact) mass is 256 g/mol. The van der Waals surface area contributed by atoms with E-state index in [1.54, 1.807) is 28.4 Å². The summed E-state index contributed by atoms with van der Waals surface area (Å²) in [6.45, 7) is 4.02. The molecular formula is C12H20O4Si. The van der Waals surface area contributed by atoms with Crippen molar-refractivity contribution in [3.8, 4) is 5.75 Å². The summed E-state index contributed by atoms with van der Waals surface area (Å²) >= 11 is 0. The number of hydrogen-bond donors (Lipinski definition) is 0. The molecule has 17 heavy (non-hydrogen) atoms. The van der Waals surface area contributed by atoms with Gasteiger partial charge in [-0.15, -0.1) is 0 Å². The van der Waals surface area contributed by atoms with Gasteiger partial charge in [0.15, 0.2) is 0 Å². The van der Waals surface area contributed by atoms with Gasteiger partial charge in [0.05, 0.1) is 12.3 Å². The first-order valence-electron chi connectivity index (χ1n) is 5.35. The SMILES string of the molecule is COc1c(C)cc(C)cc1[Si](OC)(OC)OC. The molecule has 0 aliphatic heterocycles. The number of methoxy groups -OCH3 is 1. The second-order valence-electron chi connectivity index (χ2n) is 3.83. The molecular weight excluding hydrogens is 236 g/mol. The van der Waals surface area contributed by atoms with Crippen molar-refractivity contribution >= 4 is 14.0 Å². The third kappa shape index (κ3) is 2.52. The fourth-order valence-corrected chi connectivity index (χ4v) is 4.17. The molecule has 1 rings (SSSR count). The van der Waals surface area contributed by atoms with Crippen LogP contribution in [0, 0.1) is 13.8 Å². The van der Waals surface area contributed by atoms with E-state index in [1.807, 2.05) is 19.9 Å². The summed E-state index contributed by atoms with van der Waals surface area (Å²) in [7, 11) is 3.57. The molecule has 0 radical (unpaired) electrons. The summed E-state index contributed by atoms with van der Waals surface area (Å²) in [5.41, 5.74) is 2.17. The lowest BCUT2D eigenvalue weighted by atomic mass is 10.1. The van der Waals surface area contributed by atoms with Crippen LogP contribution in [0.1, 0.15) is 11.1 Å². The van der Waals surface area contributed by atoms with Crippen molar-refractivity contribution in [3.05, 3.63) is 23.3 Å². The van der Waals surface area contributed by atoms with Gasteiger partial charge in [-0.1, -0.05) is 11.6 Å². The van der Waals surface area contributed by atoms with E-state index < -0.39 is 8.80 Å². The number of hydrogen-bond acceptors (Lipinski definition) is 4. The van der Waals surface area contributed by atoms with E-state index in [0.717, 1.165) is 22.1 Å². The molecule has 0 bridgehead atoms. The van der Waals surface area contributed by atoms with Gasteiger partial charge in [0, 0.05) is 21.3 Å². The van der Waals surface area contributed by atoms with Crippen molar-refractivity contribution in [2.24, 2.45) is 0 Å². The Balaban J connectivity index is 3.46. The van der Waals surface area contributed by atoms with Crippen LogP contribution >= 0.6 is 0 Å². The second kappa shape index (κ2) is 5.64. The van der Waals surface area contributed by atoms with Crippen LogP contribution in [0.4, 0.5) is 0 Å². The largest absolute Gasteiger partial charge is 0.540 e. The standard InChI is InChI=1S/C12H20O4Si/c1-9-7-10(2)12(13-3)11(8-9)17(14-4,15-5)16-6/h7-8H,1-6H3. The molecule has 0 N–H and O–H groups in total. The van der Waals surface area contributed by atoms with E-state index in [1.165, 1.54) is 0 Å². The lowest BCUT2D eigenvalue weighted by molar-refractivity contribution is 0.139. The zero-order valence-corrected chi connectivity index (χ0v) is 12.3. The topological polar surface area (TPSA) is 36.9 Å². The number of ether oxygens (including phenoxy) is 1. The van der Waals surface area contributed by atoms with E-state index in [2.05, 4.69) is 6.07 Å². The van der Waals surface area contributed by atoms with Gasteiger partial charge in [-0.3, -0.25) is 0 Å². The van der Waals surface area contributed by atoms with Gasteiger partial charge in [0.1, 0.15) is 5.75 Å². The first-order valence-corrected chi connectivity index (χ1v) is 7.08. The highest BCUT2D eigenvalue weighted by atomic mass is 28.4. The van der Waals surface area contributed by atoms with Crippen LogP contribution in [-0.4, -0.2) is 37.2 Å². The second-order valence-corrected chi connectivity index (χ2v) is 6.71. The van der Waals surface area contributed by atoms with Crippen LogP contribution in [0.15, 0.2) is 12.1 Å². The zero-order valence-electron chi connectivity index (χ0n) is 11.3. The summed E-state index contributed by atoms with van der Waals surface area (Å²) in [5, 5.41) is 0.866. The number of benzene rings is 1. The summed E-state index contributed by atoms with van der Waals surface area (Å²) in [4.78, 5) is 0. The van der Waals surface area contributed by atoms with Gasteiger partial charge in [0.25, 0.3) is 0 Å². The molecule has 5 heteroatoms. The third-order valence-corrected chi connectivity index (χ3v) is 5.40. The molecule has 0 unspecified atom stereocenters. The lowest BCUT2D eigenvalue weighted by Crippen LogP contribution is -2.55. The van der Waals surface area contributed by atoms with Crippen molar-refractivity contribution in [3.63, 3.8) is 0 Å². The average Bonchev–Trinajstić information content (AvgIpc) is 2.31. The lowest BCUT2D eigenvalue weighted by Gasteiger charge is -2.27. The first kappa shape index (κ1) is 14.2. The van der Waals surface area contributed by atoms with Crippen LogP contribution in [0.3, 0.4) is 0 Å². The van der Waals surface area contributed by atoms with Crippen molar-refractivity contribution in [2.75, 3.05) is 28.4 Å². The highest BCUT2D eigenvalue weighted by Gasteiger charge is 2.44. The van der Waals surface area contributed by atoms with Crippen LogP contribution in [0.2, 0.25) is 0 Å². The molecule has 0 atom stereocenters. The predicted molar refractivity (Wildman–Crippen MR) is 68.9 cm³/mol. The Morgan fingerprint density at radius 3 is 1.82 bits per heavy atom. The molecule has 0 saturated carbocycles. The van der Waals surface area contributed by atoms with Crippen LogP contribution in [-0.2, 0) is 13.3 Å². The maximum Gasteiger partial charge on any atom is 0.540 e. The van der Waals surface area contributed by atoms with E-state index in [9.17, 15) is 0 Å². The Hall–Kier alpha value is -0.883. The van der Waals surface area contributed by atoms with E-state index in [0.29, 0.717) is 0 Å². The van der Waals surface area contributed by atoms with Gasteiger partial charge in [0.2, 0.25) is 0 Å². The maximum atomic E-state index is 5.49. The molecule has 0 aliphatic carbocycles. The Labute approximate surface area is 104 Å². The van der Waals surface area contributed by atoms with Crippen LogP contribution in [0.25, 0.3) is 0 Å². The Bertz CT molecular complexity index is 380. The molecule has 0 aromatic heterocycles. The van der Waals surface area contributed by atoms with Crippen molar-refractivity contribution < 1.29 is 18.0 Å². The third-order valence-electron chi connectivity index (χ3n) is 2.76. The smallest absolute Gasteiger partial charge is 0.496 e. The summed E-state index contributed by atoms with van der Waals surface area (Å²) < 4.78 is 21.9. The molecule has 1 aromatic rings. The number of rotatable bonds is 5. The van der Waals surface area contributed by atoms with Gasteiger partial charge < -0.3 is 18.0 Å². The molecule has 0 fully saturated rings. The Morgan fingerprint density at radius 1 is 0.882 bits per heavy atom. The fraction of sp³-hybridized carbons (Fsp3) is 0.500. The van der Waals surface area contributed by atoms with Crippen molar-refractivity contribution in [1.82, 2.24) is 0 Å². The van der Waals surface area contributed by atoms with Gasteiger partial charge in [-0.2, -0.15) is 0 Å². The van der Waals surface area contributed by atoms with Gasteiger partial charge >= 0.3 is 8.80 Å². The normalized spacial score (nSPS) is 11.6. The van der Waals surface area contributed by atoms with E-state index in [-0.39, 0.29) is 0 Å². The minimum atomic E-state index is -2.85. The summed E-state index contributed by atoms with van der Waals surface area (Å²) in [5.74, 6) is 0.771. The zero-order chi connectivity index (χ0) is 13.1. The molecule has 0 aliphatic rings. The molecule has 96 valence electrons. The van der Waals surface area contributed by atoms with Gasteiger partial charge in [-0.05, 0) is 25.5 Å². The quantitative estimate of drug-likeness (QED) is 0.746. The Morgan fingerprint density at radius 2 is 1.41 bits per heavy atom. The Kier molecular flexibility index (Phi) is 4.70. The molecule has 0 saturated heterocycles. The van der Waals surface area contributed by atoms with E-state index in [4.69, 9.17) is 18.0 Å². The maximum absolute atomic E-state index is 5.49.